The maximum atomic E-state index is 13.6. The normalized spacial score (nSPS) is 11.7. The van der Waals surface area contributed by atoms with Gasteiger partial charge in [0.25, 0.3) is 20.0 Å². The monoisotopic (exact) mass is 584 g/mol. The molecular formula is C30H36N2O6S2. The molecule has 0 unspecified atom stereocenters. The van der Waals surface area contributed by atoms with Crippen LogP contribution in [0.25, 0.3) is 0 Å². The highest BCUT2D eigenvalue weighted by Gasteiger charge is 2.33. The number of amides is 2. The van der Waals surface area contributed by atoms with Crippen LogP contribution in [0.15, 0.2) is 82.6 Å². The van der Waals surface area contributed by atoms with E-state index in [9.17, 15) is 26.4 Å². The number of benzene rings is 3. The molecular weight excluding hydrogens is 548 g/mol. The van der Waals surface area contributed by atoms with E-state index in [0.29, 0.717) is 12.8 Å². The molecule has 0 N–H and O–H groups in total. The Kier molecular flexibility index (Phi) is 10.3. The Balaban J connectivity index is 2.08. The van der Waals surface area contributed by atoms with Crippen molar-refractivity contribution in [1.82, 2.24) is 0 Å². The highest BCUT2D eigenvalue weighted by atomic mass is 32.2. The molecule has 40 heavy (non-hydrogen) atoms. The second kappa shape index (κ2) is 13.2. The molecule has 0 radical (unpaired) electrons. The molecule has 0 bridgehead atoms. The van der Waals surface area contributed by atoms with Gasteiger partial charge in [0, 0.05) is 12.8 Å². The van der Waals surface area contributed by atoms with Crippen LogP contribution in [-0.2, 0) is 42.5 Å². The van der Waals surface area contributed by atoms with Crippen LogP contribution in [-0.4, -0.2) is 28.6 Å². The number of hydrogen-bond donors (Lipinski definition) is 0. The SMILES string of the molecule is CCCC(=O)N(c1ccc(N(C(=O)CCC)S(=O)(=O)c2ccc(CC)cc2)cc1)S(=O)(=O)c1ccc(CC)cc1. The second-order valence-corrected chi connectivity index (χ2v) is 12.9. The van der Waals surface area contributed by atoms with Crippen molar-refractivity contribution in [2.24, 2.45) is 0 Å². The van der Waals surface area contributed by atoms with Gasteiger partial charge in [0.05, 0.1) is 21.2 Å². The quantitative estimate of drug-likeness (QED) is 0.264. The Morgan fingerprint density at radius 1 is 0.525 bits per heavy atom. The molecule has 3 rings (SSSR count). The summed E-state index contributed by atoms with van der Waals surface area (Å²) in [6.45, 7) is 7.46. The number of carbonyl (C=O) groups is 2. The van der Waals surface area contributed by atoms with E-state index >= 15 is 0 Å². The molecule has 0 aromatic heterocycles. The molecule has 8 nitrogen and oxygen atoms in total. The highest BCUT2D eigenvalue weighted by molar-refractivity contribution is 7.94. The molecule has 0 saturated heterocycles. The summed E-state index contributed by atoms with van der Waals surface area (Å²) in [5, 5.41) is 0. The van der Waals surface area contributed by atoms with Crippen LogP contribution in [0, 0.1) is 0 Å². The predicted octanol–water partition coefficient (Wildman–Crippen LogP) is 5.86. The first-order valence-electron chi connectivity index (χ1n) is 13.4. The Morgan fingerprint density at radius 2 is 0.825 bits per heavy atom. The number of hydrogen-bond acceptors (Lipinski definition) is 6. The van der Waals surface area contributed by atoms with Crippen molar-refractivity contribution in [3.8, 4) is 0 Å². The Morgan fingerprint density at radius 3 is 1.07 bits per heavy atom. The minimum Gasteiger partial charge on any atom is -0.273 e. The molecule has 2 amide bonds. The standard InChI is InChI=1S/C30H36N2O6S2/c1-5-9-29(33)31(39(35,36)27-19-11-23(7-3)12-20-27)25-15-17-26(18-16-25)32(30(34)10-6-2)40(37,38)28-21-13-24(8-4)14-22-28/h11-22H,5-10H2,1-4H3. The van der Waals surface area contributed by atoms with Crippen molar-refractivity contribution in [3.63, 3.8) is 0 Å². The lowest BCUT2D eigenvalue weighted by Crippen LogP contribution is -2.38. The zero-order valence-electron chi connectivity index (χ0n) is 23.3. The summed E-state index contributed by atoms with van der Waals surface area (Å²) < 4.78 is 55.9. The van der Waals surface area contributed by atoms with E-state index in [1.54, 1.807) is 38.1 Å². The summed E-state index contributed by atoms with van der Waals surface area (Å²) in [5.41, 5.74) is 2.01. The smallest absolute Gasteiger partial charge is 0.270 e. The lowest BCUT2D eigenvalue weighted by molar-refractivity contribution is -0.118. The Bertz CT molecular complexity index is 1410. The lowest BCUT2D eigenvalue weighted by Gasteiger charge is -2.25. The van der Waals surface area contributed by atoms with Crippen molar-refractivity contribution in [2.75, 3.05) is 8.61 Å². The van der Waals surface area contributed by atoms with Gasteiger partial charge >= 0.3 is 0 Å². The molecule has 3 aromatic rings. The summed E-state index contributed by atoms with van der Waals surface area (Å²) in [4.78, 5) is 26.1. The first-order chi connectivity index (χ1) is 19.0. The molecule has 0 aliphatic rings. The lowest BCUT2D eigenvalue weighted by atomic mass is 10.2. The van der Waals surface area contributed by atoms with E-state index in [1.165, 1.54) is 48.5 Å². The number of nitrogens with zero attached hydrogens (tertiary/aromatic N) is 2. The van der Waals surface area contributed by atoms with Gasteiger partial charge in [-0.05, 0) is 85.3 Å². The first-order valence-corrected chi connectivity index (χ1v) is 16.3. The van der Waals surface area contributed by atoms with Gasteiger partial charge < -0.3 is 0 Å². The van der Waals surface area contributed by atoms with Crippen LogP contribution < -0.4 is 8.61 Å². The van der Waals surface area contributed by atoms with Gasteiger partial charge in [-0.1, -0.05) is 52.0 Å². The predicted molar refractivity (Wildman–Crippen MR) is 157 cm³/mol. The topological polar surface area (TPSA) is 109 Å². The molecule has 0 aliphatic heterocycles. The minimum atomic E-state index is -4.25. The molecule has 0 spiro atoms. The van der Waals surface area contributed by atoms with Crippen LogP contribution in [0.5, 0.6) is 0 Å². The first kappa shape index (κ1) is 31.0. The van der Waals surface area contributed by atoms with Gasteiger partial charge in [-0.2, -0.15) is 0 Å². The van der Waals surface area contributed by atoms with Crippen LogP contribution >= 0.6 is 0 Å². The summed E-state index contributed by atoms with van der Waals surface area (Å²) in [5.74, 6) is -1.23. The third kappa shape index (κ3) is 6.62. The van der Waals surface area contributed by atoms with Gasteiger partial charge in [0.15, 0.2) is 0 Å². The van der Waals surface area contributed by atoms with E-state index < -0.39 is 31.9 Å². The third-order valence-electron chi connectivity index (χ3n) is 6.44. The van der Waals surface area contributed by atoms with Gasteiger partial charge in [-0.25, -0.2) is 25.4 Å². The van der Waals surface area contributed by atoms with E-state index in [0.717, 1.165) is 32.6 Å². The van der Waals surface area contributed by atoms with Crippen molar-refractivity contribution in [1.29, 1.82) is 0 Å². The molecule has 3 aromatic carbocycles. The highest BCUT2D eigenvalue weighted by Crippen LogP contribution is 2.31. The summed E-state index contributed by atoms with van der Waals surface area (Å²) >= 11 is 0. The van der Waals surface area contributed by atoms with Gasteiger partial charge in [-0.15, -0.1) is 0 Å². The maximum Gasteiger partial charge on any atom is 0.270 e. The summed E-state index contributed by atoms with van der Waals surface area (Å²) in [7, 11) is -8.50. The fourth-order valence-corrected chi connectivity index (χ4v) is 7.09. The number of aryl methyl sites for hydroxylation is 2. The van der Waals surface area contributed by atoms with E-state index in [-0.39, 0.29) is 34.0 Å². The molecule has 0 fully saturated rings. The van der Waals surface area contributed by atoms with Crippen molar-refractivity contribution >= 4 is 43.2 Å². The third-order valence-corrected chi connectivity index (χ3v) is 9.97. The van der Waals surface area contributed by atoms with Crippen molar-refractivity contribution < 1.29 is 26.4 Å². The van der Waals surface area contributed by atoms with Gasteiger partial charge in [-0.3, -0.25) is 9.59 Å². The largest absolute Gasteiger partial charge is 0.273 e. The average Bonchev–Trinajstić information content (AvgIpc) is 2.94. The zero-order chi connectivity index (χ0) is 29.5. The van der Waals surface area contributed by atoms with Gasteiger partial charge in [0.2, 0.25) is 11.8 Å². The van der Waals surface area contributed by atoms with Crippen LogP contribution in [0.3, 0.4) is 0 Å². The number of anilines is 2. The molecule has 0 atom stereocenters. The summed E-state index contributed by atoms with van der Waals surface area (Å²) in [6, 6.07) is 18.1. The minimum absolute atomic E-state index is 0.00271. The van der Waals surface area contributed by atoms with E-state index in [1.807, 2.05) is 13.8 Å². The van der Waals surface area contributed by atoms with Crippen LogP contribution in [0.2, 0.25) is 0 Å². The Hall–Kier alpha value is -3.50. The fourth-order valence-electron chi connectivity index (χ4n) is 4.19. The molecule has 10 heteroatoms. The second-order valence-electron chi connectivity index (χ2n) is 9.34. The van der Waals surface area contributed by atoms with Gasteiger partial charge in [0.1, 0.15) is 0 Å². The molecule has 0 saturated carbocycles. The van der Waals surface area contributed by atoms with Crippen molar-refractivity contribution in [2.45, 2.75) is 76.0 Å². The van der Waals surface area contributed by atoms with Crippen LogP contribution in [0.4, 0.5) is 11.4 Å². The maximum absolute atomic E-state index is 13.6. The molecule has 214 valence electrons. The van der Waals surface area contributed by atoms with E-state index in [4.69, 9.17) is 0 Å². The van der Waals surface area contributed by atoms with E-state index in [2.05, 4.69) is 0 Å². The zero-order valence-corrected chi connectivity index (χ0v) is 25.0. The number of carbonyl (C=O) groups excluding carboxylic acids is 2. The molecule has 0 heterocycles. The fraction of sp³-hybridized carbons (Fsp3) is 0.333. The Labute approximate surface area is 237 Å². The molecule has 0 aliphatic carbocycles. The summed E-state index contributed by atoms with van der Waals surface area (Å²) in [6.07, 6.45) is 2.34. The van der Waals surface area contributed by atoms with Crippen LogP contribution in [0.1, 0.15) is 64.5 Å². The number of rotatable bonds is 12. The number of sulfonamides is 2. The van der Waals surface area contributed by atoms with Crippen molar-refractivity contribution in [3.05, 3.63) is 83.9 Å². The average molecular weight is 585 g/mol.